The van der Waals surface area contributed by atoms with Crippen molar-refractivity contribution in [2.75, 3.05) is 12.4 Å². The van der Waals surface area contributed by atoms with Crippen LogP contribution in [0.1, 0.15) is 28.0 Å². The predicted octanol–water partition coefficient (Wildman–Crippen LogP) is 3.93. The van der Waals surface area contributed by atoms with Gasteiger partial charge >= 0.3 is 0 Å². The number of carbonyl (C=O) groups excluding carboxylic acids is 1. The molecule has 0 saturated heterocycles. The van der Waals surface area contributed by atoms with Gasteiger partial charge in [-0.1, -0.05) is 18.1 Å². The zero-order valence-corrected chi connectivity index (χ0v) is 14.4. The van der Waals surface area contributed by atoms with Crippen LogP contribution in [-0.4, -0.2) is 23.2 Å². The first-order valence-electron chi connectivity index (χ1n) is 7.49. The fourth-order valence-corrected chi connectivity index (χ4v) is 3.07. The third-order valence-electron chi connectivity index (χ3n) is 3.49. The average Bonchev–Trinajstić information content (AvgIpc) is 3.22. The second kappa shape index (κ2) is 6.84. The van der Waals surface area contributed by atoms with Crippen LogP contribution in [0.15, 0.2) is 34.9 Å². The van der Waals surface area contributed by atoms with E-state index in [4.69, 9.17) is 9.26 Å². The van der Waals surface area contributed by atoms with Crippen molar-refractivity contribution in [1.82, 2.24) is 10.1 Å². The summed E-state index contributed by atoms with van der Waals surface area (Å²) in [6.07, 6.45) is 0.691. The lowest BCUT2D eigenvalue weighted by Gasteiger charge is -2.06. The number of amides is 1. The van der Waals surface area contributed by atoms with Crippen molar-refractivity contribution in [3.05, 3.63) is 46.7 Å². The molecule has 124 valence electrons. The van der Waals surface area contributed by atoms with Gasteiger partial charge in [0.1, 0.15) is 5.75 Å². The van der Waals surface area contributed by atoms with E-state index in [0.717, 1.165) is 15.4 Å². The smallest absolute Gasteiger partial charge is 0.255 e. The van der Waals surface area contributed by atoms with Gasteiger partial charge in [-0.25, -0.2) is 0 Å². The van der Waals surface area contributed by atoms with E-state index < -0.39 is 0 Å². The molecule has 0 spiro atoms. The molecule has 2 heterocycles. The van der Waals surface area contributed by atoms with Crippen LogP contribution in [-0.2, 0) is 6.42 Å². The van der Waals surface area contributed by atoms with Crippen molar-refractivity contribution in [2.45, 2.75) is 20.3 Å². The lowest BCUT2D eigenvalue weighted by molar-refractivity contribution is 0.102. The minimum absolute atomic E-state index is 0.191. The highest BCUT2D eigenvalue weighted by atomic mass is 32.1. The average molecular weight is 343 g/mol. The molecule has 1 aromatic carbocycles. The molecule has 0 unspecified atom stereocenters. The summed E-state index contributed by atoms with van der Waals surface area (Å²) in [4.78, 5) is 18.6. The molecule has 1 amide bonds. The van der Waals surface area contributed by atoms with Crippen molar-refractivity contribution in [1.29, 1.82) is 0 Å². The van der Waals surface area contributed by atoms with Crippen LogP contribution < -0.4 is 10.1 Å². The van der Waals surface area contributed by atoms with E-state index in [-0.39, 0.29) is 5.91 Å². The number of anilines is 1. The van der Waals surface area contributed by atoms with Gasteiger partial charge in [-0.15, -0.1) is 11.3 Å². The van der Waals surface area contributed by atoms with Gasteiger partial charge in [0.2, 0.25) is 11.7 Å². The molecular weight excluding hydrogens is 326 g/mol. The second-order valence-electron chi connectivity index (χ2n) is 5.13. The lowest BCUT2D eigenvalue weighted by atomic mass is 10.2. The summed E-state index contributed by atoms with van der Waals surface area (Å²) in [5.41, 5.74) is 1.28. The van der Waals surface area contributed by atoms with E-state index in [0.29, 0.717) is 29.4 Å². The molecule has 7 heteroatoms. The van der Waals surface area contributed by atoms with E-state index in [2.05, 4.69) is 15.5 Å². The molecule has 3 aromatic rings. The Bertz CT molecular complexity index is 870. The van der Waals surface area contributed by atoms with Gasteiger partial charge in [-0.2, -0.15) is 4.98 Å². The zero-order chi connectivity index (χ0) is 17.1. The van der Waals surface area contributed by atoms with Crippen LogP contribution in [0.5, 0.6) is 5.75 Å². The highest BCUT2D eigenvalue weighted by Gasteiger charge is 2.15. The molecule has 0 fully saturated rings. The number of rotatable bonds is 5. The molecule has 24 heavy (non-hydrogen) atoms. The minimum Gasteiger partial charge on any atom is -0.497 e. The van der Waals surface area contributed by atoms with E-state index in [9.17, 15) is 4.79 Å². The van der Waals surface area contributed by atoms with Gasteiger partial charge in [0.25, 0.3) is 5.91 Å². The number of thiophene rings is 1. The number of benzene rings is 1. The Kier molecular flexibility index (Phi) is 4.61. The number of hydrogen-bond donors (Lipinski definition) is 1. The Hall–Kier alpha value is -2.67. The SMILES string of the molecule is CCc1nc(-c2cc(NC(=O)c3cccc(OC)c3)c(C)s2)no1. The van der Waals surface area contributed by atoms with Gasteiger partial charge in [0.15, 0.2) is 0 Å². The van der Waals surface area contributed by atoms with Crippen LogP contribution in [0, 0.1) is 6.92 Å². The van der Waals surface area contributed by atoms with E-state index in [1.54, 1.807) is 31.4 Å². The number of nitrogens with one attached hydrogen (secondary N) is 1. The molecule has 0 saturated carbocycles. The maximum Gasteiger partial charge on any atom is 0.255 e. The van der Waals surface area contributed by atoms with Gasteiger partial charge in [0.05, 0.1) is 17.7 Å². The second-order valence-corrected chi connectivity index (χ2v) is 6.39. The fraction of sp³-hybridized carbons (Fsp3) is 0.235. The summed E-state index contributed by atoms with van der Waals surface area (Å²) < 4.78 is 10.3. The quantitative estimate of drug-likeness (QED) is 0.759. The molecule has 6 nitrogen and oxygen atoms in total. The number of nitrogens with zero attached hydrogens (tertiary/aromatic N) is 2. The summed E-state index contributed by atoms with van der Waals surface area (Å²) in [5, 5.41) is 6.89. The van der Waals surface area contributed by atoms with Gasteiger partial charge in [0, 0.05) is 16.9 Å². The number of hydrogen-bond acceptors (Lipinski definition) is 6. The lowest BCUT2D eigenvalue weighted by Crippen LogP contribution is -2.11. The molecule has 1 N–H and O–H groups in total. The van der Waals surface area contributed by atoms with Gasteiger partial charge in [-0.05, 0) is 31.2 Å². The summed E-state index contributed by atoms with van der Waals surface area (Å²) in [6.45, 7) is 3.90. The Morgan fingerprint density at radius 3 is 2.92 bits per heavy atom. The van der Waals surface area contributed by atoms with Crippen LogP contribution in [0.4, 0.5) is 5.69 Å². The highest BCUT2D eigenvalue weighted by molar-refractivity contribution is 7.16. The Morgan fingerprint density at radius 1 is 1.38 bits per heavy atom. The van der Waals surface area contributed by atoms with Crippen molar-refractivity contribution in [2.24, 2.45) is 0 Å². The molecular formula is C17H17N3O3S. The number of ether oxygens (including phenoxy) is 1. The largest absolute Gasteiger partial charge is 0.497 e. The van der Waals surface area contributed by atoms with Crippen molar-refractivity contribution >= 4 is 22.9 Å². The van der Waals surface area contributed by atoms with Gasteiger partial charge < -0.3 is 14.6 Å². The van der Waals surface area contributed by atoms with Crippen molar-refractivity contribution < 1.29 is 14.1 Å². The number of aromatic nitrogens is 2. The summed E-state index contributed by atoms with van der Waals surface area (Å²) in [5.74, 6) is 1.59. The van der Waals surface area contributed by atoms with Crippen molar-refractivity contribution in [3.63, 3.8) is 0 Å². The highest BCUT2D eigenvalue weighted by Crippen LogP contribution is 2.33. The first kappa shape index (κ1) is 16.2. The van der Waals surface area contributed by atoms with Crippen LogP contribution in [0.3, 0.4) is 0 Å². The van der Waals surface area contributed by atoms with Crippen LogP contribution in [0.25, 0.3) is 10.7 Å². The number of methoxy groups -OCH3 is 1. The van der Waals surface area contributed by atoms with Gasteiger partial charge in [-0.3, -0.25) is 4.79 Å². The predicted molar refractivity (Wildman–Crippen MR) is 92.7 cm³/mol. The van der Waals surface area contributed by atoms with E-state index >= 15 is 0 Å². The third kappa shape index (κ3) is 3.30. The third-order valence-corrected chi connectivity index (χ3v) is 4.54. The fourth-order valence-electron chi connectivity index (χ4n) is 2.17. The summed E-state index contributed by atoms with van der Waals surface area (Å²) in [7, 11) is 1.57. The van der Waals surface area contributed by atoms with E-state index in [1.165, 1.54) is 11.3 Å². The molecule has 0 atom stereocenters. The Morgan fingerprint density at radius 2 is 2.21 bits per heavy atom. The van der Waals surface area contributed by atoms with E-state index in [1.807, 2.05) is 19.9 Å². The van der Waals surface area contributed by atoms with Crippen LogP contribution in [0.2, 0.25) is 0 Å². The standard InChI is InChI=1S/C17H17N3O3S/c1-4-15-19-16(20-23-15)14-9-13(10(2)24-14)18-17(21)11-6-5-7-12(8-11)22-3/h5-9H,4H2,1-3H3,(H,18,21). The summed E-state index contributed by atoms with van der Waals surface area (Å²) >= 11 is 1.51. The first-order chi connectivity index (χ1) is 11.6. The molecule has 3 rings (SSSR count). The maximum absolute atomic E-state index is 12.4. The topological polar surface area (TPSA) is 77.2 Å². The molecule has 2 aromatic heterocycles. The Balaban J connectivity index is 1.81. The maximum atomic E-state index is 12.4. The van der Waals surface area contributed by atoms with Crippen LogP contribution >= 0.6 is 11.3 Å². The zero-order valence-electron chi connectivity index (χ0n) is 13.6. The summed E-state index contributed by atoms with van der Waals surface area (Å²) in [6, 6.07) is 8.89. The number of carbonyl (C=O) groups is 1. The molecule has 0 aliphatic carbocycles. The first-order valence-corrected chi connectivity index (χ1v) is 8.31. The molecule has 0 radical (unpaired) electrons. The van der Waals surface area contributed by atoms with Crippen molar-refractivity contribution in [3.8, 4) is 16.5 Å². The normalized spacial score (nSPS) is 10.6. The minimum atomic E-state index is -0.191. The Labute approximate surface area is 143 Å². The molecule has 0 aliphatic heterocycles. The monoisotopic (exact) mass is 343 g/mol. The molecule has 0 bridgehead atoms. The molecule has 0 aliphatic rings. The number of aryl methyl sites for hydroxylation is 2.